The second-order valence-corrected chi connectivity index (χ2v) is 4.66. The number of benzene rings is 1. The van der Waals surface area contributed by atoms with Crippen molar-refractivity contribution < 1.29 is 4.42 Å². The third kappa shape index (κ3) is 2.05. The third-order valence-electron chi connectivity index (χ3n) is 3.33. The molecule has 0 aliphatic carbocycles. The lowest BCUT2D eigenvalue weighted by Crippen LogP contribution is -2.02. The van der Waals surface area contributed by atoms with Crippen LogP contribution in [0.5, 0.6) is 0 Å². The second kappa shape index (κ2) is 4.81. The number of furan rings is 1. The van der Waals surface area contributed by atoms with Crippen molar-refractivity contribution in [2.75, 3.05) is 5.73 Å². The lowest BCUT2D eigenvalue weighted by Gasteiger charge is -2.09. The molecule has 20 heavy (non-hydrogen) atoms. The van der Waals surface area contributed by atoms with Gasteiger partial charge in [-0.1, -0.05) is 30.3 Å². The normalized spacial score (nSPS) is 10.7. The largest absolute Gasteiger partial charge is 0.469 e. The fraction of sp³-hybridized carbons (Fsp3) is 0.125. The van der Waals surface area contributed by atoms with Crippen LogP contribution in [0.1, 0.15) is 11.3 Å². The predicted molar refractivity (Wildman–Crippen MR) is 79.1 cm³/mol. The first-order chi connectivity index (χ1) is 9.66. The zero-order chi connectivity index (χ0) is 14.1. The molecule has 3 aromatic rings. The summed E-state index contributed by atoms with van der Waals surface area (Å²) in [5.74, 6) is 1.87. The summed E-state index contributed by atoms with van der Waals surface area (Å²) < 4.78 is 5.31. The first kappa shape index (κ1) is 12.4. The van der Waals surface area contributed by atoms with Gasteiger partial charge >= 0.3 is 0 Å². The van der Waals surface area contributed by atoms with Crippen molar-refractivity contribution in [1.29, 1.82) is 0 Å². The van der Waals surface area contributed by atoms with E-state index in [1.807, 2.05) is 50.2 Å². The standard InChI is InChI=1S/C16H15N3O/c1-10-14(12-6-4-3-5-7-12)18-16(19-15(10)17)13-8-9-20-11(13)2/h3-9H,1-2H3,(H2,17,18,19). The SMILES string of the molecule is Cc1occc1-c1nc(N)c(C)c(-c2ccccc2)n1. The molecule has 0 bridgehead atoms. The van der Waals surface area contributed by atoms with Gasteiger partial charge in [-0.15, -0.1) is 0 Å². The Morgan fingerprint density at radius 3 is 2.40 bits per heavy atom. The van der Waals surface area contributed by atoms with Crippen LogP contribution in [0.3, 0.4) is 0 Å². The zero-order valence-corrected chi connectivity index (χ0v) is 11.4. The van der Waals surface area contributed by atoms with Crippen LogP contribution in [-0.4, -0.2) is 9.97 Å². The Kier molecular flexibility index (Phi) is 2.99. The molecule has 0 spiro atoms. The van der Waals surface area contributed by atoms with Gasteiger partial charge in [-0.25, -0.2) is 9.97 Å². The number of nitrogen functional groups attached to an aromatic ring is 1. The molecule has 0 amide bonds. The first-order valence-corrected chi connectivity index (χ1v) is 6.41. The Hall–Kier alpha value is -2.62. The number of hydrogen-bond donors (Lipinski definition) is 1. The number of aromatic nitrogens is 2. The van der Waals surface area contributed by atoms with Gasteiger partial charge in [-0.2, -0.15) is 0 Å². The van der Waals surface area contributed by atoms with E-state index in [-0.39, 0.29) is 0 Å². The summed E-state index contributed by atoms with van der Waals surface area (Å²) in [6, 6.07) is 11.8. The van der Waals surface area contributed by atoms with Gasteiger partial charge in [0, 0.05) is 11.1 Å². The van der Waals surface area contributed by atoms with E-state index >= 15 is 0 Å². The van der Waals surface area contributed by atoms with Crippen LogP contribution in [0.25, 0.3) is 22.6 Å². The van der Waals surface area contributed by atoms with Crippen LogP contribution < -0.4 is 5.73 Å². The number of nitrogens with two attached hydrogens (primary N) is 1. The van der Waals surface area contributed by atoms with Crippen LogP contribution in [0.2, 0.25) is 0 Å². The molecule has 2 aromatic heterocycles. The average Bonchev–Trinajstić information content (AvgIpc) is 2.89. The van der Waals surface area contributed by atoms with Crippen LogP contribution in [0.4, 0.5) is 5.82 Å². The fourth-order valence-electron chi connectivity index (χ4n) is 2.15. The average molecular weight is 265 g/mol. The molecule has 100 valence electrons. The highest BCUT2D eigenvalue weighted by Crippen LogP contribution is 2.29. The minimum Gasteiger partial charge on any atom is -0.469 e. The van der Waals surface area contributed by atoms with E-state index in [0.29, 0.717) is 11.6 Å². The zero-order valence-electron chi connectivity index (χ0n) is 11.4. The fourth-order valence-corrected chi connectivity index (χ4v) is 2.15. The van der Waals surface area contributed by atoms with Gasteiger partial charge < -0.3 is 10.2 Å². The molecule has 0 fully saturated rings. The minimum absolute atomic E-state index is 0.495. The molecule has 0 unspecified atom stereocenters. The summed E-state index contributed by atoms with van der Waals surface area (Å²) in [6.07, 6.45) is 1.63. The second-order valence-electron chi connectivity index (χ2n) is 4.66. The van der Waals surface area contributed by atoms with Gasteiger partial charge in [-0.3, -0.25) is 0 Å². The van der Waals surface area contributed by atoms with Gasteiger partial charge in [0.2, 0.25) is 0 Å². The lowest BCUT2D eigenvalue weighted by atomic mass is 10.1. The molecule has 2 N–H and O–H groups in total. The van der Waals surface area contributed by atoms with Crippen molar-refractivity contribution in [3.05, 3.63) is 54.0 Å². The molecule has 0 aliphatic heterocycles. The van der Waals surface area contributed by atoms with E-state index in [4.69, 9.17) is 10.2 Å². The molecule has 4 nitrogen and oxygen atoms in total. The molecule has 3 rings (SSSR count). The molecule has 2 heterocycles. The Balaban J connectivity index is 2.21. The van der Waals surface area contributed by atoms with E-state index in [2.05, 4.69) is 9.97 Å². The quantitative estimate of drug-likeness (QED) is 0.768. The van der Waals surface area contributed by atoms with Crippen molar-refractivity contribution in [2.24, 2.45) is 0 Å². The summed E-state index contributed by atoms with van der Waals surface area (Å²) in [5, 5.41) is 0. The maximum absolute atomic E-state index is 6.03. The summed E-state index contributed by atoms with van der Waals surface area (Å²) in [6.45, 7) is 3.82. The monoisotopic (exact) mass is 265 g/mol. The maximum Gasteiger partial charge on any atom is 0.165 e. The van der Waals surface area contributed by atoms with Crippen molar-refractivity contribution in [2.45, 2.75) is 13.8 Å². The highest BCUT2D eigenvalue weighted by Gasteiger charge is 2.14. The summed E-state index contributed by atoms with van der Waals surface area (Å²) in [5.41, 5.74) is 9.68. The molecular weight excluding hydrogens is 250 g/mol. The molecule has 0 saturated heterocycles. The van der Waals surface area contributed by atoms with Crippen molar-refractivity contribution in [3.8, 4) is 22.6 Å². The Morgan fingerprint density at radius 2 is 1.75 bits per heavy atom. The van der Waals surface area contributed by atoms with Gasteiger partial charge in [0.1, 0.15) is 11.6 Å². The topological polar surface area (TPSA) is 64.9 Å². The van der Waals surface area contributed by atoms with Crippen LogP contribution in [-0.2, 0) is 0 Å². The lowest BCUT2D eigenvalue weighted by molar-refractivity contribution is 0.535. The van der Waals surface area contributed by atoms with Crippen molar-refractivity contribution >= 4 is 5.82 Å². The van der Waals surface area contributed by atoms with Crippen molar-refractivity contribution in [3.63, 3.8) is 0 Å². The molecular formula is C16H15N3O. The number of aryl methyl sites for hydroxylation is 1. The predicted octanol–water partition coefficient (Wildman–Crippen LogP) is 3.60. The summed E-state index contributed by atoms with van der Waals surface area (Å²) in [4.78, 5) is 9.02. The summed E-state index contributed by atoms with van der Waals surface area (Å²) >= 11 is 0. The molecule has 0 atom stereocenters. The molecule has 0 aliphatic rings. The smallest absolute Gasteiger partial charge is 0.165 e. The number of nitrogens with zero attached hydrogens (tertiary/aromatic N) is 2. The maximum atomic E-state index is 6.03. The van der Waals surface area contributed by atoms with Gasteiger partial charge in [0.05, 0.1) is 17.5 Å². The molecule has 0 saturated carbocycles. The summed E-state index contributed by atoms with van der Waals surface area (Å²) in [7, 11) is 0. The van der Waals surface area contributed by atoms with Gasteiger partial charge in [-0.05, 0) is 19.9 Å². The van der Waals surface area contributed by atoms with E-state index < -0.39 is 0 Å². The van der Waals surface area contributed by atoms with Gasteiger partial charge in [0.25, 0.3) is 0 Å². The van der Waals surface area contributed by atoms with Gasteiger partial charge in [0.15, 0.2) is 5.82 Å². The van der Waals surface area contributed by atoms with E-state index in [0.717, 1.165) is 28.1 Å². The van der Waals surface area contributed by atoms with E-state index in [1.54, 1.807) is 6.26 Å². The van der Waals surface area contributed by atoms with Crippen LogP contribution in [0, 0.1) is 13.8 Å². The van der Waals surface area contributed by atoms with Crippen molar-refractivity contribution in [1.82, 2.24) is 9.97 Å². The first-order valence-electron chi connectivity index (χ1n) is 6.41. The third-order valence-corrected chi connectivity index (χ3v) is 3.33. The van der Waals surface area contributed by atoms with Crippen LogP contribution in [0.15, 0.2) is 47.1 Å². The molecule has 4 heteroatoms. The Morgan fingerprint density at radius 1 is 1.00 bits per heavy atom. The molecule has 1 aromatic carbocycles. The number of rotatable bonds is 2. The number of hydrogen-bond acceptors (Lipinski definition) is 4. The van der Waals surface area contributed by atoms with E-state index in [9.17, 15) is 0 Å². The highest BCUT2D eigenvalue weighted by molar-refractivity contribution is 5.71. The number of anilines is 1. The molecule has 0 radical (unpaired) electrons. The van der Waals surface area contributed by atoms with E-state index in [1.165, 1.54) is 0 Å². The van der Waals surface area contributed by atoms with Crippen LogP contribution >= 0.6 is 0 Å². The Labute approximate surface area is 117 Å². The Bertz CT molecular complexity index is 748. The highest BCUT2D eigenvalue weighted by atomic mass is 16.3. The minimum atomic E-state index is 0.495.